The van der Waals surface area contributed by atoms with Gasteiger partial charge < -0.3 is 10.2 Å². The number of piperazine rings is 1. The predicted molar refractivity (Wildman–Crippen MR) is 128 cm³/mol. The summed E-state index contributed by atoms with van der Waals surface area (Å²) in [6.07, 6.45) is 3.74. The number of carbonyl (C=O) groups is 1. The fourth-order valence-electron chi connectivity index (χ4n) is 5.02. The van der Waals surface area contributed by atoms with E-state index in [1.54, 1.807) is 10.4 Å². The molecule has 2 saturated heterocycles. The van der Waals surface area contributed by atoms with Crippen LogP contribution >= 0.6 is 0 Å². The van der Waals surface area contributed by atoms with Crippen molar-refractivity contribution in [1.29, 1.82) is 0 Å². The van der Waals surface area contributed by atoms with Gasteiger partial charge in [-0.1, -0.05) is 24.1 Å². The second kappa shape index (κ2) is 11.1. The summed E-state index contributed by atoms with van der Waals surface area (Å²) in [5, 5.41) is 3.25. The maximum atomic E-state index is 13.7. The van der Waals surface area contributed by atoms with Gasteiger partial charge in [0, 0.05) is 64.3 Å². The van der Waals surface area contributed by atoms with Gasteiger partial charge in [0.1, 0.15) is 0 Å². The molecule has 7 nitrogen and oxygen atoms in total. The Morgan fingerprint density at radius 2 is 1.75 bits per heavy atom. The molecule has 0 radical (unpaired) electrons. The first-order valence-corrected chi connectivity index (χ1v) is 13.5. The molecule has 1 N–H and O–H groups in total. The number of nitrogens with one attached hydrogen (secondary N) is 1. The summed E-state index contributed by atoms with van der Waals surface area (Å²) in [4.78, 5) is 17.4. The van der Waals surface area contributed by atoms with Gasteiger partial charge in [-0.05, 0) is 52.2 Å². The second-order valence-electron chi connectivity index (χ2n) is 9.42. The molecule has 2 atom stereocenters. The highest BCUT2D eigenvalue weighted by Gasteiger charge is 2.30. The predicted octanol–water partition coefficient (Wildman–Crippen LogP) is 2.38. The van der Waals surface area contributed by atoms with Gasteiger partial charge in [-0.2, -0.15) is 4.31 Å². The number of piperidine rings is 1. The molecule has 0 spiro atoms. The number of hydrogen-bond donors (Lipinski definition) is 1. The SMILES string of the molecule is Cc1ccc(S(=O)(=O)N(CCC(=O)N2CCNCC2)CCN2[C@@H](C)CCC[C@@H]2C)c(C)c1. The fourth-order valence-corrected chi connectivity index (χ4v) is 6.65. The van der Waals surface area contributed by atoms with Crippen LogP contribution in [0.4, 0.5) is 0 Å². The first-order valence-electron chi connectivity index (χ1n) is 12.0. The van der Waals surface area contributed by atoms with E-state index >= 15 is 0 Å². The minimum absolute atomic E-state index is 0.0343. The maximum Gasteiger partial charge on any atom is 0.243 e. The quantitative estimate of drug-likeness (QED) is 0.640. The lowest BCUT2D eigenvalue weighted by atomic mass is 9.98. The summed E-state index contributed by atoms with van der Waals surface area (Å²) in [7, 11) is -3.69. The van der Waals surface area contributed by atoms with E-state index in [1.165, 1.54) is 6.42 Å². The van der Waals surface area contributed by atoms with Crippen LogP contribution in [0.25, 0.3) is 0 Å². The van der Waals surface area contributed by atoms with Crippen LogP contribution in [0.3, 0.4) is 0 Å². The molecule has 1 aromatic rings. The van der Waals surface area contributed by atoms with Gasteiger partial charge >= 0.3 is 0 Å². The Labute approximate surface area is 194 Å². The third-order valence-corrected chi connectivity index (χ3v) is 9.04. The molecule has 0 bridgehead atoms. The lowest BCUT2D eigenvalue weighted by molar-refractivity contribution is -0.131. The van der Waals surface area contributed by atoms with Crippen molar-refractivity contribution in [2.45, 2.75) is 70.4 Å². The lowest BCUT2D eigenvalue weighted by Gasteiger charge is -2.40. The zero-order valence-corrected chi connectivity index (χ0v) is 21.0. The highest BCUT2D eigenvalue weighted by Crippen LogP contribution is 2.24. The van der Waals surface area contributed by atoms with Crippen LogP contribution in [-0.4, -0.2) is 86.3 Å². The Balaban J connectivity index is 1.77. The van der Waals surface area contributed by atoms with Crippen molar-refractivity contribution >= 4 is 15.9 Å². The summed E-state index contributed by atoms with van der Waals surface area (Å²) in [5.74, 6) is 0.0343. The molecule has 1 amide bonds. The minimum Gasteiger partial charge on any atom is -0.340 e. The van der Waals surface area contributed by atoms with Crippen LogP contribution in [-0.2, 0) is 14.8 Å². The van der Waals surface area contributed by atoms with Crippen LogP contribution in [0.2, 0.25) is 0 Å². The van der Waals surface area contributed by atoms with Crippen molar-refractivity contribution in [1.82, 2.24) is 19.4 Å². The van der Waals surface area contributed by atoms with Crippen LogP contribution in [0.1, 0.15) is 50.7 Å². The van der Waals surface area contributed by atoms with Gasteiger partial charge in [-0.15, -0.1) is 0 Å². The van der Waals surface area contributed by atoms with E-state index in [0.29, 0.717) is 43.2 Å². The van der Waals surface area contributed by atoms with Crippen LogP contribution in [0.15, 0.2) is 23.1 Å². The normalized spacial score (nSPS) is 23.0. The van der Waals surface area contributed by atoms with E-state index in [-0.39, 0.29) is 18.9 Å². The van der Waals surface area contributed by atoms with Gasteiger partial charge in [0.2, 0.25) is 15.9 Å². The Morgan fingerprint density at radius 3 is 2.38 bits per heavy atom. The summed E-state index contributed by atoms with van der Waals surface area (Å²) in [6, 6.07) is 6.36. The van der Waals surface area contributed by atoms with Crippen molar-refractivity contribution in [3.05, 3.63) is 29.3 Å². The number of likely N-dealkylation sites (tertiary alicyclic amines) is 1. The first-order chi connectivity index (χ1) is 15.2. The number of amides is 1. The third kappa shape index (κ3) is 6.10. The van der Waals surface area contributed by atoms with E-state index in [0.717, 1.165) is 37.1 Å². The number of benzene rings is 1. The number of nitrogens with zero attached hydrogens (tertiary/aromatic N) is 3. The van der Waals surface area contributed by atoms with Gasteiger partial charge in [0.25, 0.3) is 0 Å². The van der Waals surface area contributed by atoms with Gasteiger partial charge in [0.05, 0.1) is 4.90 Å². The molecule has 2 aliphatic heterocycles. The smallest absolute Gasteiger partial charge is 0.243 e. The molecule has 32 heavy (non-hydrogen) atoms. The molecule has 1 aromatic carbocycles. The molecule has 2 aliphatic rings. The molecule has 0 saturated carbocycles. The first kappa shape index (κ1) is 25.1. The summed E-state index contributed by atoms with van der Waals surface area (Å²) in [6.45, 7) is 12.5. The number of rotatable bonds is 8. The van der Waals surface area contributed by atoms with Gasteiger partial charge in [-0.3, -0.25) is 9.69 Å². The Morgan fingerprint density at radius 1 is 1.09 bits per heavy atom. The summed E-state index contributed by atoms with van der Waals surface area (Å²) < 4.78 is 28.9. The molecular weight excluding hydrogens is 424 g/mol. The zero-order chi connectivity index (χ0) is 23.3. The van der Waals surface area contributed by atoms with E-state index in [2.05, 4.69) is 24.1 Å². The van der Waals surface area contributed by atoms with Crippen LogP contribution in [0, 0.1) is 13.8 Å². The number of sulfonamides is 1. The van der Waals surface area contributed by atoms with Crippen molar-refractivity contribution in [2.75, 3.05) is 45.8 Å². The van der Waals surface area contributed by atoms with Crippen molar-refractivity contribution in [3.8, 4) is 0 Å². The molecule has 2 heterocycles. The minimum atomic E-state index is -3.69. The summed E-state index contributed by atoms with van der Waals surface area (Å²) in [5.41, 5.74) is 1.79. The third-order valence-electron chi connectivity index (χ3n) is 6.98. The number of hydrogen-bond acceptors (Lipinski definition) is 5. The molecule has 0 aliphatic carbocycles. The van der Waals surface area contributed by atoms with Crippen molar-refractivity contribution < 1.29 is 13.2 Å². The average Bonchev–Trinajstić information content (AvgIpc) is 2.75. The zero-order valence-electron chi connectivity index (χ0n) is 20.1. The van der Waals surface area contributed by atoms with E-state index in [1.807, 2.05) is 30.9 Å². The fraction of sp³-hybridized carbons (Fsp3) is 0.708. The molecule has 0 unspecified atom stereocenters. The molecule has 0 aromatic heterocycles. The lowest BCUT2D eigenvalue weighted by Crippen LogP contribution is -2.49. The Kier molecular flexibility index (Phi) is 8.72. The average molecular weight is 465 g/mol. The molecular formula is C24H40N4O3S. The Bertz CT molecular complexity index is 873. The van der Waals surface area contributed by atoms with Crippen LogP contribution in [0.5, 0.6) is 0 Å². The highest BCUT2D eigenvalue weighted by atomic mass is 32.2. The van der Waals surface area contributed by atoms with Crippen molar-refractivity contribution in [3.63, 3.8) is 0 Å². The topological polar surface area (TPSA) is 73.0 Å². The molecule has 2 fully saturated rings. The van der Waals surface area contributed by atoms with E-state index < -0.39 is 10.0 Å². The van der Waals surface area contributed by atoms with E-state index in [4.69, 9.17) is 0 Å². The summed E-state index contributed by atoms with van der Waals surface area (Å²) >= 11 is 0. The molecule has 180 valence electrons. The standard InChI is InChI=1S/C24H40N4O3S/c1-19-8-9-23(20(2)18-19)32(30,31)27(13-10-24(29)26-14-11-25-12-15-26)16-17-28-21(3)6-5-7-22(28)4/h8-9,18,21-22,25H,5-7,10-17H2,1-4H3/t21-,22-/m0/s1. The largest absolute Gasteiger partial charge is 0.340 e. The van der Waals surface area contributed by atoms with E-state index in [9.17, 15) is 13.2 Å². The van der Waals surface area contributed by atoms with Gasteiger partial charge in [0.15, 0.2) is 0 Å². The maximum absolute atomic E-state index is 13.7. The number of aryl methyl sites for hydroxylation is 2. The second-order valence-corrected chi connectivity index (χ2v) is 11.3. The molecule has 3 rings (SSSR count). The van der Waals surface area contributed by atoms with Gasteiger partial charge in [-0.25, -0.2) is 8.42 Å². The Hall–Kier alpha value is -1.48. The van der Waals surface area contributed by atoms with Crippen molar-refractivity contribution in [2.24, 2.45) is 0 Å². The molecule has 8 heteroatoms. The van der Waals surface area contributed by atoms with Crippen LogP contribution < -0.4 is 5.32 Å². The monoisotopic (exact) mass is 464 g/mol. The number of carbonyl (C=O) groups excluding carboxylic acids is 1. The highest BCUT2D eigenvalue weighted by molar-refractivity contribution is 7.89.